The van der Waals surface area contributed by atoms with Gasteiger partial charge in [-0.05, 0) is 24.5 Å². The van der Waals surface area contributed by atoms with Gasteiger partial charge in [-0.3, -0.25) is 0 Å². The molecular weight excluding hydrogens is 394 g/mol. The van der Waals surface area contributed by atoms with Gasteiger partial charge in [0.1, 0.15) is 29.9 Å². The summed E-state index contributed by atoms with van der Waals surface area (Å²) in [5.74, 6) is -0.974. The number of halogens is 2. The first kappa shape index (κ1) is 19.6. The van der Waals surface area contributed by atoms with Crippen molar-refractivity contribution in [3.63, 3.8) is 0 Å². The smallest absolute Gasteiger partial charge is 0.237 e. The van der Waals surface area contributed by atoms with Crippen LogP contribution in [0.2, 0.25) is 0 Å². The zero-order valence-corrected chi connectivity index (χ0v) is 16.5. The Morgan fingerprint density at radius 2 is 2.15 bits per heavy atom. The third-order valence-corrected chi connectivity index (χ3v) is 6.06. The average Bonchev–Trinajstić information content (AvgIpc) is 3.26. The average molecular weight is 412 g/mol. The molecule has 0 fully saturated rings. The zero-order valence-electron chi connectivity index (χ0n) is 14.9. The van der Waals surface area contributed by atoms with Crippen molar-refractivity contribution >= 4 is 29.2 Å². The molecule has 2 heterocycles. The molecule has 0 spiro atoms. The van der Waals surface area contributed by atoms with E-state index in [1.807, 2.05) is 14.1 Å². The van der Waals surface area contributed by atoms with Gasteiger partial charge in [-0.15, -0.1) is 0 Å². The van der Waals surface area contributed by atoms with Crippen molar-refractivity contribution < 1.29 is 13.9 Å². The Bertz CT molecular complexity index is 904. The van der Waals surface area contributed by atoms with E-state index in [0.29, 0.717) is 10.3 Å². The molecule has 7 nitrogen and oxygen atoms in total. The van der Waals surface area contributed by atoms with Crippen molar-refractivity contribution in [3.8, 4) is 0 Å². The Morgan fingerprint density at radius 1 is 1.37 bits per heavy atom. The monoisotopic (exact) mass is 412 g/mol. The van der Waals surface area contributed by atoms with E-state index >= 15 is 0 Å². The predicted octanol–water partition coefficient (Wildman–Crippen LogP) is 2.54. The zero-order chi connectivity index (χ0) is 19.6. The van der Waals surface area contributed by atoms with Crippen molar-refractivity contribution in [1.82, 2.24) is 24.1 Å². The number of benzene rings is 1. The molecule has 3 aromatic rings. The van der Waals surface area contributed by atoms with Crippen molar-refractivity contribution in [2.45, 2.75) is 28.7 Å². The number of hydrogen-bond acceptors (Lipinski definition) is 8. The quantitative estimate of drug-likeness (QED) is 0.598. The van der Waals surface area contributed by atoms with E-state index in [-0.39, 0.29) is 12.1 Å². The molecule has 0 amide bonds. The lowest BCUT2D eigenvalue weighted by Crippen LogP contribution is -2.41. The highest BCUT2D eigenvalue weighted by Crippen LogP contribution is 2.40. The highest BCUT2D eigenvalue weighted by atomic mass is 32.2. The molecule has 0 aliphatic carbocycles. The standard InChI is InChI=1S/C16H18F2N6OS2/c1-10(26-15-21-14(22-27-15)23(2)3)16(25,7-24-9-19-8-20-24)12-5-4-11(17)6-13(12)18/h4-6,8-10,25H,7H2,1-3H3/t10-,16?/m1/s1. The molecule has 0 aliphatic heterocycles. The van der Waals surface area contributed by atoms with Gasteiger partial charge in [-0.2, -0.15) is 14.5 Å². The summed E-state index contributed by atoms with van der Waals surface area (Å²) >= 11 is 2.46. The fraction of sp³-hybridized carbons (Fsp3) is 0.375. The molecule has 0 saturated carbocycles. The second-order valence-corrected chi connectivity index (χ2v) is 8.50. The van der Waals surface area contributed by atoms with Gasteiger partial charge in [-0.25, -0.2) is 18.4 Å². The summed E-state index contributed by atoms with van der Waals surface area (Å²) in [5.41, 5.74) is -1.70. The number of nitrogens with zero attached hydrogens (tertiary/aromatic N) is 6. The molecule has 11 heteroatoms. The summed E-state index contributed by atoms with van der Waals surface area (Å²) in [4.78, 5) is 10.0. The molecule has 1 aromatic carbocycles. The molecule has 0 bridgehead atoms. The molecule has 2 aromatic heterocycles. The topological polar surface area (TPSA) is 80.0 Å². The van der Waals surface area contributed by atoms with Crippen molar-refractivity contribution in [1.29, 1.82) is 0 Å². The first-order valence-electron chi connectivity index (χ1n) is 7.97. The maximum atomic E-state index is 14.5. The van der Waals surface area contributed by atoms with Crippen LogP contribution in [0.1, 0.15) is 12.5 Å². The predicted molar refractivity (Wildman–Crippen MR) is 99.8 cm³/mol. The minimum absolute atomic E-state index is 0.0169. The summed E-state index contributed by atoms with van der Waals surface area (Å²) in [5, 5.41) is 14.9. The number of thioether (sulfide) groups is 1. The van der Waals surface area contributed by atoms with Gasteiger partial charge >= 0.3 is 0 Å². The minimum atomic E-state index is -1.68. The maximum Gasteiger partial charge on any atom is 0.237 e. The normalized spacial score (nSPS) is 14.7. The van der Waals surface area contributed by atoms with Crippen LogP contribution in [0.15, 0.2) is 35.2 Å². The van der Waals surface area contributed by atoms with Gasteiger partial charge in [0.25, 0.3) is 0 Å². The SMILES string of the molecule is C[C@@H](Sc1nc(N(C)C)ns1)C(O)(Cn1cncn1)c1ccc(F)cc1F. The van der Waals surface area contributed by atoms with Crippen LogP contribution in [0.5, 0.6) is 0 Å². The highest BCUT2D eigenvalue weighted by Gasteiger charge is 2.40. The fourth-order valence-corrected chi connectivity index (χ4v) is 4.55. The number of rotatable bonds is 7. The summed E-state index contributed by atoms with van der Waals surface area (Å²) in [6, 6.07) is 3.13. The number of aromatic nitrogens is 5. The van der Waals surface area contributed by atoms with Crippen LogP contribution in [0, 0.1) is 11.6 Å². The second kappa shape index (κ2) is 7.87. The molecule has 27 heavy (non-hydrogen) atoms. The van der Waals surface area contributed by atoms with Crippen LogP contribution >= 0.6 is 23.3 Å². The van der Waals surface area contributed by atoms with Gasteiger partial charge in [0.05, 0.1) is 6.54 Å². The molecular formula is C16H18F2N6OS2. The molecule has 0 aliphatic rings. The summed E-state index contributed by atoms with van der Waals surface area (Å²) in [7, 11) is 3.66. The van der Waals surface area contributed by atoms with Crippen LogP contribution in [0.3, 0.4) is 0 Å². The van der Waals surface area contributed by atoms with E-state index < -0.39 is 22.5 Å². The van der Waals surface area contributed by atoms with Crippen molar-refractivity contribution in [3.05, 3.63) is 48.1 Å². The minimum Gasteiger partial charge on any atom is -0.382 e. The summed E-state index contributed by atoms with van der Waals surface area (Å²) in [6.45, 7) is 1.70. The van der Waals surface area contributed by atoms with Gasteiger partial charge in [0, 0.05) is 31.0 Å². The lowest BCUT2D eigenvalue weighted by Gasteiger charge is -2.33. The molecule has 1 N–H and O–H groups in total. The first-order chi connectivity index (χ1) is 12.8. The van der Waals surface area contributed by atoms with Gasteiger partial charge in [0.2, 0.25) is 5.95 Å². The third-order valence-electron chi connectivity index (χ3n) is 4.01. The van der Waals surface area contributed by atoms with Crippen LogP contribution in [-0.4, -0.2) is 48.6 Å². The van der Waals surface area contributed by atoms with Gasteiger partial charge < -0.3 is 10.0 Å². The highest BCUT2D eigenvalue weighted by molar-refractivity contribution is 8.01. The molecule has 0 radical (unpaired) electrons. The van der Waals surface area contributed by atoms with E-state index in [2.05, 4.69) is 19.4 Å². The summed E-state index contributed by atoms with van der Waals surface area (Å²) < 4.78 is 34.1. The molecule has 2 atom stereocenters. The maximum absolute atomic E-state index is 14.5. The lowest BCUT2D eigenvalue weighted by molar-refractivity contribution is 0.0133. The van der Waals surface area contributed by atoms with Crippen LogP contribution in [-0.2, 0) is 12.1 Å². The Morgan fingerprint density at radius 3 is 2.74 bits per heavy atom. The van der Waals surface area contributed by atoms with E-state index in [1.54, 1.807) is 11.8 Å². The van der Waals surface area contributed by atoms with Crippen LogP contribution in [0.4, 0.5) is 14.7 Å². The lowest BCUT2D eigenvalue weighted by atomic mass is 9.90. The Labute approximate surface area is 163 Å². The number of hydrogen-bond donors (Lipinski definition) is 1. The fourth-order valence-electron chi connectivity index (χ4n) is 2.52. The third kappa shape index (κ3) is 4.25. The molecule has 0 saturated heterocycles. The van der Waals surface area contributed by atoms with Crippen molar-refractivity contribution in [2.75, 3.05) is 19.0 Å². The molecule has 3 rings (SSSR count). The van der Waals surface area contributed by atoms with Crippen LogP contribution in [0.25, 0.3) is 0 Å². The molecule has 144 valence electrons. The van der Waals surface area contributed by atoms with E-state index in [4.69, 9.17) is 0 Å². The molecule has 1 unspecified atom stereocenters. The number of anilines is 1. The second-order valence-electron chi connectivity index (χ2n) is 6.16. The first-order valence-corrected chi connectivity index (χ1v) is 9.63. The summed E-state index contributed by atoms with van der Waals surface area (Å²) in [6.07, 6.45) is 2.76. The van der Waals surface area contributed by atoms with Gasteiger partial charge in [-0.1, -0.05) is 17.8 Å². The van der Waals surface area contributed by atoms with E-state index in [9.17, 15) is 13.9 Å². The van der Waals surface area contributed by atoms with Gasteiger partial charge in [0.15, 0.2) is 4.34 Å². The Hall–Kier alpha value is -2.11. The number of aliphatic hydroxyl groups is 1. The van der Waals surface area contributed by atoms with E-state index in [1.165, 1.54) is 46.7 Å². The Balaban J connectivity index is 1.94. The largest absolute Gasteiger partial charge is 0.382 e. The van der Waals surface area contributed by atoms with Crippen molar-refractivity contribution in [2.24, 2.45) is 0 Å². The van der Waals surface area contributed by atoms with Crippen LogP contribution < -0.4 is 4.90 Å². The Kier molecular flexibility index (Phi) is 5.72. The van der Waals surface area contributed by atoms with E-state index in [0.717, 1.165) is 12.1 Å².